The van der Waals surface area contributed by atoms with Gasteiger partial charge in [0.25, 0.3) is 0 Å². The number of alkyl halides is 3. The number of anilines is 1. The molecule has 0 aliphatic rings. The van der Waals surface area contributed by atoms with Gasteiger partial charge in [0.05, 0.1) is 17.4 Å². The lowest BCUT2D eigenvalue weighted by Crippen LogP contribution is -2.15. The van der Waals surface area contributed by atoms with Gasteiger partial charge < -0.3 is 10.4 Å². The second-order valence-electron chi connectivity index (χ2n) is 5.85. The highest BCUT2D eigenvalue weighted by Gasteiger charge is 2.30. The largest absolute Gasteiger partial charge is 0.416 e. The van der Waals surface area contributed by atoms with Gasteiger partial charge in [-0.2, -0.15) is 22.8 Å². The van der Waals surface area contributed by atoms with E-state index in [1.165, 1.54) is 12.1 Å². The second kappa shape index (κ2) is 6.36. The van der Waals surface area contributed by atoms with Gasteiger partial charge in [0.15, 0.2) is 5.65 Å². The molecule has 0 spiro atoms. The molecule has 0 aliphatic heterocycles. The van der Waals surface area contributed by atoms with Gasteiger partial charge in [0.1, 0.15) is 5.82 Å². The molecular weight excluding hydrogens is 333 g/mol. The average molecular weight is 350 g/mol. The maximum Gasteiger partial charge on any atom is 0.416 e. The van der Waals surface area contributed by atoms with Crippen LogP contribution in [-0.2, 0) is 6.18 Å². The van der Waals surface area contributed by atoms with Gasteiger partial charge in [-0.1, -0.05) is 12.1 Å². The van der Waals surface area contributed by atoms with E-state index in [9.17, 15) is 18.3 Å². The predicted molar refractivity (Wildman–Crippen MR) is 87.4 cm³/mol. The highest BCUT2D eigenvalue weighted by atomic mass is 19.4. The lowest BCUT2D eigenvalue weighted by Gasteiger charge is -2.15. The van der Waals surface area contributed by atoms with E-state index in [0.29, 0.717) is 17.0 Å². The summed E-state index contributed by atoms with van der Waals surface area (Å²) in [5.41, 5.74) is 1.95. The molecule has 2 N–H and O–H groups in total. The zero-order valence-corrected chi connectivity index (χ0v) is 13.7. The lowest BCUT2D eigenvalue weighted by atomic mass is 10.1. The van der Waals surface area contributed by atoms with Crippen LogP contribution in [-0.4, -0.2) is 26.2 Å². The van der Waals surface area contributed by atoms with Gasteiger partial charge in [-0.15, -0.1) is 0 Å². The minimum atomic E-state index is -4.39. The molecular formula is C17H17F3N4O. The van der Waals surface area contributed by atoms with Crippen molar-refractivity contribution >= 4 is 11.5 Å². The minimum absolute atomic E-state index is 0.128. The lowest BCUT2D eigenvalue weighted by molar-refractivity contribution is -0.137. The van der Waals surface area contributed by atoms with Crippen molar-refractivity contribution in [3.63, 3.8) is 0 Å². The Morgan fingerprint density at radius 2 is 1.80 bits per heavy atom. The first-order chi connectivity index (χ1) is 11.7. The van der Waals surface area contributed by atoms with Gasteiger partial charge in [0, 0.05) is 24.4 Å². The van der Waals surface area contributed by atoms with Crippen LogP contribution in [0.25, 0.3) is 5.65 Å². The third-order valence-corrected chi connectivity index (χ3v) is 3.78. The normalized spacial score (nSPS) is 13.2. The Balaban J connectivity index is 1.75. The molecule has 0 fully saturated rings. The number of nitrogens with zero attached hydrogens (tertiary/aromatic N) is 3. The average Bonchev–Trinajstić information content (AvgIpc) is 2.91. The first-order valence-electron chi connectivity index (χ1n) is 7.67. The van der Waals surface area contributed by atoms with Crippen molar-refractivity contribution in [3.05, 3.63) is 58.9 Å². The van der Waals surface area contributed by atoms with E-state index in [4.69, 9.17) is 0 Å². The fraction of sp³-hybridized carbons (Fsp3) is 0.294. The van der Waals surface area contributed by atoms with Crippen LogP contribution in [0, 0.1) is 13.8 Å². The Hall–Kier alpha value is -2.61. The molecule has 8 heteroatoms. The van der Waals surface area contributed by atoms with E-state index < -0.39 is 17.8 Å². The number of hydrogen-bond donors (Lipinski definition) is 2. The minimum Gasteiger partial charge on any atom is -0.387 e. The smallest absolute Gasteiger partial charge is 0.387 e. The van der Waals surface area contributed by atoms with E-state index in [1.807, 2.05) is 19.9 Å². The second-order valence-corrected chi connectivity index (χ2v) is 5.85. The Labute approximate surface area is 142 Å². The third-order valence-electron chi connectivity index (χ3n) is 3.78. The number of aryl methyl sites for hydroxylation is 2. The number of benzene rings is 1. The number of halogens is 3. The summed E-state index contributed by atoms with van der Waals surface area (Å²) in [4.78, 5) is 4.37. The quantitative estimate of drug-likeness (QED) is 0.756. The van der Waals surface area contributed by atoms with Crippen LogP contribution in [0.2, 0.25) is 0 Å². The number of fused-ring (bicyclic) bond motifs is 1. The van der Waals surface area contributed by atoms with Crippen molar-refractivity contribution in [2.75, 3.05) is 11.9 Å². The molecule has 0 radical (unpaired) electrons. The standard InChI is InChI=1S/C17H17F3N4O/c1-10-7-15(24-16(22-10)8-11(2)23-24)21-9-14(25)12-3-5-13(6-4-12)17(18,19)20/h3-8,14,21,25H,9H2,1-2H3. The SMILES string of the molecule is Cc1cc(NCC(O)c2ccc(C(F)(F)F)cc2)n2nc(C)cc2n1. The van der Waals surface area contributed by atoms with Crippen LogP contribution in [0.4, 0.5) is 19.0 Å². The van der Waals surface area contributed by atoms with E-state index in [1.54, 1.807) is 10.6 Å². The Bertz CT molecular complexity index is 887. The summed E-state index contributed by atoms with van der Waals surface area (Å²) in [5.74, 6) is 0.654. The fourth-order valence-corrected chi connectivity index (χ4v) is 2.55. The van der Waals surface area contributed by atoms with Crippen molar-refractivity contribution in [3.8, 4) is 0 Å². The summed E-state index contributed by atoms with van der Waals surface area (Å²) in [6, 6.07) is 8.11. The van der Waals surface area contributed by atoms with E-state index in [-0.39, 0.29) is 6.54 Å². The Morgan fingerprint density at radius 1 is 1.12 bits per heavy atom. The molecule has 0 aliphatic carbocycles. The summed E-state index contributed by atoms with van der Waals surface area (Å²) >= 11 is 0. The first-order valence-corrected chi connectivity index (χ1v) is 7.67. The predicted octanol–water partition coefficient (Wildman–Crippen LogP) is 3.51. The highest BCUT2D eigenvalue weighted by molar-refractivity contribution is 5.50. The summed E-state index contributed by atoms with van der Waals surface area (Å²) in [6.45, 7) is 3.83. The number of aromatic nitrogens is 3. The van der Waals surface area contributed by atoms with Crippen LogP contribution in [0.3, 0.4) is 0 Å². The molecule has 3 rings (SSSR count). The van der Waals surface area contributed by atoms with Crippen LogP contribution in [0.5, 0.6) is 0 Å². The fourth-order valence-electron chi connectivity index (χ4n) is 2.55. The maximum absolute atomic E-state index is 12.6. The van der Waals surface area contributed by atoms with Crippen LogP contribution in [0.15, 0.2) is 36.4 Å². The summed E-state index contributed by atoms with van der Waals surface area (Å²) < 4.78 is 39.4. The molecule has 1 unspecified atom stereocenters. The van der Waals surface area contributed by atoms with E-state index in [2.05, 4.69) is 15.4 Å². The van der Waals surface area contributed by atoms with E-state index >= 15 is 0 Å². The first kappa shape index (κ1) is 17.2. The number of nitrogens with one attached hydrogen (secondary N) is 1. The van der Waals surface area contributed by atoms with Gasteiger partial charge in [-0.25, -0.2) is 4.98 Å². The maximum atomic E-state index is 12.6. The monoisotopic (exact) mass is 350 g/mol. The van der Waals surface area contributed by atoms with Crippen molar-refractivity contribution < 1.29 is 18.3 Å². The molecule has 25 heavy (non-hydrogen) atoms. The molecule has 5 nitrogen and oxygen atoms in total. The highest BCUT2D eigenvalue weighted by Crippen LogP contribution is 2.30. The Morgan fingerprint density at radius 3 is 2.44 bits per heavy atom. The van der Waals surface area contributed by atoms with Crippen molar-refractivity contribution in [1.29, 1.82) is 0 Å². The van der Waals surface area contributed by atoms with E-state index in [0.717, 1.165) is 23.5 Å². The molecule has 1 aromatic carbocycles. The number of rotatable bonds is 4. The van der Waals surface area contributed by atoms with Crippen molar-refractivity contribution in [2.45, 2.75) is 26.1 Å². The van der Waals surface area contributed by atoms with Gasteiger partial charge in [-0.05, 0) is 31.5 Å². The van der Waals surface area contributed by atoms with Crippen LogP contribution >= 0.6 is 0 Å². The number of aliphatic hydroxyl groups excluding tert-OH is 1. The zero-order chi connectivity index (χ0) is 18.2. The van der Waals surface area contributed by atoms with Crippen LogP contribution in [0.1, 0.15) is 28.6 Å². The Kier molecular flexibility index (Phi) is 4.38. The van der Waals surface area contributed by atoms with Gasteiger partial charge >= 0.3 is 6.18 Å². The molecule has 0 saturated heterocycles. The topological polar surface area (TPSA) is 62.5 Å². The van der Waals surface area contributed by atoms with Crippen molar-refractivity contribution in [2.24, 2.45) is 0 Å². The molecule has 2 heterocycles. The molecule has 1 atom stereocenters. The summed E-state index contributed by atoms with van der Waals surface area (Å²) in [6.07, 6.45) is -5.35. The number of hydrogen-bond acceptors (Lipinski definition) is 4. The molecule has 0 saturated carbocycles. The molecule has 3 aromatic rings. The van der Waals surface area contributed by atoms with Gasteiger partial charge in [0.2, 0.25) is 0 Å². The zero-order valence-electron chi connectivity index (χ0n) is 13.7. The summed E-state index contributed by atoms with van der Waals surface area (Å²) in [7, 11) is 0. The third kappa shape index (κ3) is 3.74. The number of aliphatic hydroxyl groups is 1. The summed E-state index contributed by atoms with van der Waals surface area (Å²) in [5, 5.41) is 17.6. The molecule has 0 amide bonds. The molecule has 132 valence electrons. The van der Waals surface area contributed by atoms with Gasteiger partial charge in [-0.3, -0.25) is 0 Å². The van der Waals surface area contributed by atoms with Crippen LogP contribution < -0.4 is 5.32 Å². The molecule has 0 bridgehead atoms. The molecule has 2 aromatic heterocycles. The van der Waals surface area contributed by atoms with Crippen molar-refractivity contribution in [1.82, 2.24) is 14.6 Å².